The van der Waals surface area contributed by atoms with Gasteiger partial charge in [-0.3, -0.25) is 9.78 Å². The van der Waals surface area contributed by atoms with Crippen molar-refractivity contribution < 1.29 is 9.90 Å². The Balaban J connectivity index is 1.82. The van der Waals surface area contributed by atoms with Crippen LogP contribution in [0.25, 0.3) is 0 Å². The average Bonchev–Trinajstić information content (AvgIpc) is 2.42. The zero-order valence-electron chi connectivity index (χ0n) is 9.84. The third-order valence-electron chi connectivity index (χ3n) is 2.53. The van der Waals surface area contributed by atoms with Gasteiger partial charge in [-0.25, -0.2) is 0 Å². The molecule has 0 bridgehead atoms. The highest BCUT2D eigenvalue weighted by Gasteiger charge is 2.04. The van der Waals surface area contributed by atoms with E-state index >= 15 is 0 Å². The Kier molecular flexibility index (Phi) is 3.91. The van der Waals surface area contributed by atoms with Crippen LogP contribution in [-0.4, -0.2) is 22.5 Å². The molecule has 2 aromatic rings. The van der Waals surface area contributed by atoms with Gasteiger partial charge in [-0.05, 0) is 36.2 Å². The molecule has 1 amide bonds. The second kappa shape index (κ2) is 5.82. The van der Waals surface area contributed by atoms with Gasteiger partial charge >= 0.3 is 0 Å². The molecule has 0 aliphatic rings. The summed E-state index contributed by atoms with van der Waals surface area (Å²) in [6.07, 6.45) is 2.31. The Hall–Kier alpha value is -2.36. The fraction of sp³-hybridized carbons (Fsp3) is 0.143. The van der Waals surface area contributed by atoms with Crippen molar-refractivity contribution in [3.8, 4) is 5.75 Å². The molecule has 1 aromatic carbocycles. The predicted molar refractivity (Wildman–Crippen MR) is 68.4 cm³/mol. The Morgan fingerprint density at radius 1 is 1.17 bits per heavy atom. The molecule has 0 spiro atoms. The van der Waals surface area contributed by atoms with Gasteiger partial charge in [-0.1, -0.05) is 18.2 Å². The summed E-state index contributed by atoms with van der Waals surface area (Å²) in [7, 11) is 0. The minimum Gasteiger partial charge on any atom is -0.508 e. The number of nitrogens with one attached hydrogen (secondary N) is 1. The summed E-state index contributed by atoms with van der Waals surface area (Å²) in [5.41, 5.74) is 1.48. The van der Waals surface area contributed by atoms with Crippen LogP contribution < -0.4 is 5.32 Å². The number of phenols is 1. The lowest BCUT2D eigenvalue weighted by atomic mass is 10.1. The van der Waals surface area contributed by atoms with Crippen molar-refractivity contribution >= 4 is 5.91 Å². The number of aromatic nitrogens is 1. The topological polar surface area (TPSA) is 62.2 Å². The first-order chi connectivity index (χ1) is 8.75. The van der Waals surface area contributed by atoms with Crippen LogP contribution in [-0.2, 0) is 6.42 Å². The van der Waals surface area contributed by atoms with E-state index in [1.54, 1.807) is 36.5 Å². The molecule has 0 aliphatic carbocycles. The third-order valence-corrected chi connectivity index (χ3v) is 2.53. The summed E-state index contributed by atoms with van der Waals surface area (Å²) in [5.74, 6) is 0.0747. The number of benzene rings is 1. The molecule has 2 N–H and O–H groups in total. The summed E-state index contributed by atoms with van der Waals surface area (Å²) in [6.45, 7) is 0.542. The molecule has 0 radical (unpaired) electrons. The molecule has 0 saturated heterocycles. The third kappa shape index (κ3) is 3.31. The molecule has 4 nitrogen and oxygen atoms in total. The van der Waals surface area contributed by atoms with Crippen LogP contribution in [0.4, 0.5) is 0 Å². The summed E-state index contributed by atoms with van der Waals surface area (Å²) in [4.78, 5) is 15.6. The fourth-order valence-electron chi connectivity index (χ4n) is 1.57. The van der Waals surface area contributed by atoms with E-state index in [0.29, 0.717) is 12.2 Å². The van der Waals surface area contributed by atoms with Crippen molar-refractivity contribution in [2.75, 3.05) is 6.54 Å². The number of hydrogen-bond donors (Lipinski definition) is 2. The van der Waals surface area contributed by atoms with Crippen LogP contribution in [0.15, 0.2) is 48.7 Å². The molecule has 1 aromatic heterocycles. The van der Waals surface area contributed by atoms with Gasteiger partial charge in [0.25, 0.3) is 5.91 Å². The number of nitrogens with zero attached hydrogens (tertiary/aromatic N) is 1. The van der Waals surface area contributed by atoms with Gasteiger partial charge in [-0.15, -0.1) is 0 Å². The number of aromatic hydroxyl groups is 1. The Morgan fingerprint density at radius 2 is 1.94 bits per heavy atom. The van der Waals surface area contributed by atoms with Crippen LogP contribution in [0.2, 0.25) is 0 Å². The van der Waals surface area contributed by atoms with Gasteiger partial charge in [0.15, 0.2) is 0 Å². The predicted octanol–water partition coefficient (Wildman–Crippen LogP) is 1.76. The van der Waals surface area contributed by atoms with Crippen molar-refractivity contribution in [1.29, 1.82) is 0 Å². The first-order valence-corrected chi connectivity index (χ1v) is 5.73. The monoisotopic (exact) mass is 242 g/mol. The first-order valence-electron chi connectivity index (χ1n) is 5.73. The first kappa shape index (κ1) is 12.1. The Labute approximate surface area is 105 Å². The zero-order chi connectivity index (χ0) is 12.8. The van der Waals surface area contributed by atoms with Gasteiger partial charge in [0, 0.05) is 12.7 Å². The molecule has 92 valence electrons. The summed E-state index contributed by atoms with van der Waals surface area (Å²) < 4.78 is 0. The Bertz CT molecular complexity index is 509. The highest BCUT2D eigenvalue weighted by atomic mass is 16.3. The van der Waals surface area contributed by atoms with E-state index in [4.69, 9.17) is 5.11 Å². The lowest BCUT2D eigenvalue weighted by Crippen LogP contribution is -2.26. The highest BCUT2D eigenvalue weighted by Crippen LogP contribution is 2.09. The van der Waals surface area contributed by atoms with E-state index in [1.165, 1.54) is 0 Å². The quantitative estimate of drug-likeness (QED) is 0.858. The number of carbonyl (C=O) groups excluding carboxylic acids is 1. The molecular weight excluding hydrogens is 228 g/mol. The summed E-state index contributed by atoms with van der Waals surface area (Å²) in [6, 6.07) is 12.2. The summed E-state index contributed by atoms with van der Waals surface area (Å²) >= 11 is 0. The maximum Gasteiger partial charge on any atom is 0.269 e. The maximum atomic E-state index is 11.7. The molecule has 0 aliphatic heterocycles. The van der Waals surface area contributed by atoms with Gasteiger partial charge < -0.3 is 10.4 Å². The molecule has 2 rings (SSSR count). The second-order valence-corrected chi connectivity index (χ2v) is 3.89. The van der Waals surface area contributed by atoms with Crippen molar-refractivity contribution in [3.05, 3.63) is 59.9 Å². The highest BCUT2D eigenvalue weighted by molar-refractivity contribution is 5.92. The standard InChI is InChI=1S/C14H14N2O2/c17-12-6-4-11(5-7-12)8-10-16-14(18)13-3-1-2-9-15-13/h1-7,9,17H,8,10H2,(H,16,18). The lowest BCUT2D eigenvalue weighted by molar-refractivity contribution is 0.0949. The van der Waals surface area contributed by atoms with Gasteiger partial charge in [0.2, 0.25) is 0 Å². The van der Waals surface area contributed by atoms with Crippen LogP contribution in [0.3, 0.4) is 0 Å². The second-order valence-electron chi connectivity index (χ2n) is 3.89. The molecule has 0 atom stereocenters. The fourth-order valence-corrected chi connectivity index (χ4v) is 1.57. The van der Waals surface area contributed by atoms with Crippen molar-refractivity contribution in [1.82, 2.24) is 10.3 Å². The van der Waals surface area contributed by atoms with Gasteiger partial charge in [0.05, 0.1) is 0 Å². The van der Waals surface area contributed by atoms with E-state index in [2.05, 4.69) is 10.3 Å². The minimum absolute atomic E-state index is 0.172. The van der Waals surface area contributed by atoms with E-state index in [0.717, 1.165) is 12.0 Å². The van der Waals surface area contributed by atoms with Crippen molar-refractivity contribution in [3.63, 3.8) is 0 Å². The van der Waals surface area contributed by atoms with Gasteiger partial charge in [0.1, 0.15) is 11.4 Å². The molecule has 0 unspecified atom stereocenters. The number of pyridine rings is 1. The van der Waals surface area contributed by atoms with E-state index in [9.17, 15) is 4.79 Å². The number of amides is 1. The molecule has 4 heteroatoms. The zero-order valence-corrected chi connectivity index (χ0v) is 9.84. The Morgan fingerprint density at radius 3 is 2.61 bits per heavy atom. The number of hydrogen-bond acceptors (Lipinski definition) is 3. The number of carbonyl (C=O) groups is 1. The van der Waals surface area contributed by atoms with Crippen LogP contribution in [0.5, 0.6) is 5.75 Å². The van der Waals surface area contributed by atoms with E-state index in [1.807, 2.05) is 12.1 Å². The SMILES string of the molecule is O=C(NCCc1ccc(O)cc1)c1ccccn1. The number of rotatable bonds is 4. The van der Waals surface area contributed by atoms with Crippen molar-refractivity contribution in [2.45, 2.75) is 6.42 Å². The smallest absolute Gasteiger partial charge is 0.269 e. The molecule has 0 fully saturated rings. The van der Waals surface area contributed by atoms with Gasteiger partial charge in [-0.2, -0.15) is 0 Å². The summed E-state index contributed by atoms with van der Waals surface area (Å²) in [5, 5.41) is 11.9. The normalized spacial score (nSPS) is 10.0. The number of phenolic OH excluding ortho intramolecular Hbond substituents is 1. The molecule has 0 saturated carbocycles. The van der Waals surface area contributed by atoms with Crippen LogP contribution >= 0.6 is 0 Å². The van der Waals surface area contributed by atoms with Crippen LogP contribution in [0, 0.1) is 0 Å². The van der Waals surface area contributed by atoms with Crippen LogP contribution in [0.1, 0.15) is 16.1 Å². The van der Waals surface area contributed by atoms with E-state index < -0.39 is 0 Å². The van der Waals surface area contributed by atoms with E-state index in [-0.39, 0.29) is 11.7 Å². The lowest BCUT2D eigenvalue weighted by Gasteiger charge is -2.04. The minimum atomic E-state index is -0.172. The molecule has 1 heterocycles. The largest absolute Gasteiger partial charge is 0.508 e. The molecular formula is C14H14N2O2. The molecule has 18 heavy (non-hydrogen) atoms. The average molecular weight is 242 g/mol. The van der Waals surface area contributed by atoms with Crippen molar-refractivity contribution in [2.24, 2.45) is 0 Å². The maximum absolute atomic E-state index is 11.7.